The number of hydrogen-bond acceptors (Lipinski definition) is 1. The van der Waals surface area contributed by atoms with E-state index in [1.54, 1.807) is 0 Å². The quantitative estimate of drug-likeness (QED) is 0.395. The first-order valence-electron chi connectivity index (χ1n) is 1.98. The Morgan fingerprint density at radius 3 is 2.00 bits per heavy atom. The van der Waals surface area contributed by atoms with E-state index in [2.05, 4.69) is 6.25 Å². The van der Waals surface area contributed by atoms with E-state index in [0.29, 0.717) is 0 Å². The minimum Gasteiger partial charge on any atom is -0.348 e. The third-order valence-electron chi connectivity index (χ3n) is 0.333. The van der Waals surface area contributed by atoms with Gasteiger partial charge in [0.25, 0.3) is 0 Å². The Morgan fingerprint density at radius 1 is 1.86 bits per heavy atom. The number of allylic oxidation sites excluding steroid dienone is 1. The average molecular weight is 146 g/mol. The van der Waals surface area contributed by atoms with Crippen LogP contribution in [0.1, 0.15) is 6.92 Å². The topological polar surface area (TPSA) is 37.3 Å². The summed E-state index contributed by atoms with van der Waals surface area (Å²) in [5.41, 5.74) is 0. The molecule has 0 fully saturated rings. The molecule has 0 saturated carbocycles. The predicted octanol–water partition coefficient (Wildman–Crippen LogP) is 0.338. The molecule has 1 atom stereocenters. The Labute approximate surface area is 78.9 Å². The van der Waals surface area contributed by atoms with E-state index in [1.165, 1.54) is 0 Å². The van der Waals surface area contributed by atoms with Crippen LogP contribution < -0.4 is 0 Å². The van der Waals surface area contributed by atoms with E-state index >= 15 is 0 Å². The Morgan fingerprint density at radius 2 is 2.00 bits per heavy atom. The van der Waals surface area contributed by atoms with Crippen LogP contribution in [-0.2, 0) is 4.57 Å². The van der Waals surface area contributed by atoms with Crippen LogP contribution in [0.2, 0.25) is 0 Å². The van der Waals surface area contributed by atoms with Crippen molar-refractivity contribution in [3.05, 3.63) is 6.25 Å². The molecule has 0 aliphatic carbocycles. The molecule has 4 heteroatoms. The van der Waals surface area contributed by atoms with Gasteiger partial charge in [0.2, 0.25) is 0 Å². The number of hydrogen-bond donors (Lipinski definition) is 1. The minimum atomic E-state index is -1.50. The molecule has 0 aromatic heterocycles. The molecule has 0 radical (unpaired) electrons. The van der Waals surface area contributed by atoms with Crippen LogP contribution in [0.15, 0.2) is 6.25 Å². The van der Waals surface area contributed by atoms with Crippen LogP contribution in [0, 0.1) is 0 Å². The van der Waals surface area contributed by atoms with Crippen LogP contribution in [0.5, 0.6) is 0 Å². The first-order valence-corrected chi connectivity index (χ1v) is 4.77. The van der Waals surface area contributed by atoms with Crippen molar-refractivity contribution >= 4 is 57.6 Å². The van der Waals surface area contributed by atoms with E-state index < -0.39 is 8.69 Å². The van der Waals surface area contributed by atoms with Crippen molar-refractivity contribution < 1.29 is 9.46 Å². The van der Waals surface area contributed by atoms with E-state index in [1.807, 2.05) is 6.92 Å². The summed E-state index contributed by atoms with van der Waals surface area (Å²) >= 11 is 0.932. The molecular formula is C3H8KO2P. The second-order valence-electron chi connectivity index (χ2n) is 0.772. The fourth-order valence-corrected chi connectivity index (χ4v) is 0. The minimum absolute atomic E-state index is 0.932. The molecule has 0 aliphatic heterocycles. The van der Waals surface area contributed by atoms with Gasteiger partial charge in [0, 0.05) is 0 Å². The second-order valence-corrected chi connectivity index (χ2v) is 2.02. The van der Waals surface area contributed by atoms with Crippen molar-refractivity contribution in [3.8, 4) is 0 Å². The molecule has 0 aromatic carbocycles. The molecule has 0 saturated heterocycles. The van der Waals surface area contributed by atoms with E-state index in [4.69, 9.17) is 9.46 Å². The smallest absolute Gasteiger partial charge is 0.177 e. The molecule has 0 spiro atoms. The molecule has 1 unspecified atom stereocenters. The largest absolute Gasteiger partial charge is 0.348 e. The van der Waals surface area contributed by atoms with E-state index in [0.717, 1.165) is 49.0 Å². The van der Waals surface area contributed by atoms with E-state index in [-0.39, 0.29) is 0 Å². The molecule has 0 bridgehead atoms. The van der Waals surface area contributed by atoms with Gasteiger partial charge in [-0.25, -0.2) is 0 Å². The molecule has 0 aromatic rings. The summed E-state index contributed by atoms with van der Waals surface area (Å²) in [6, 6.07) is 0. The third kappa shape index (κ3) is 35.6. The molecule has 38 valence electrons. The standard InChI is InChI=1S/C3H5.K.H3O2P/c1-3-2;;1-3-2/h1,3H,2H3;;3H2,(H,1,2). The fraction of sp³-hybridized carbons (Fsp3) is 0.333. The van der Waals surface area contributed by atoms with Crippen LogP contribution in [0.3, 0.4) is 0 Å². The Kier molecular flexibility index (Phi) is 25.4. The van der Waals surface area contributed by atoms with Crippen molar-refractivity contribution in [2.45, 2.75) is 6.92 Å². The third-order valence-corrected chi connectivity index (χ3v) is 1.37. The van der Waals surface area contributed by atoms with Gasteiger partial charge < -0.3 is 4.89 Å². The van der Waals surface area contributed by atoms with Crippen molar-refractivity contribution in [1.29, 1.82) is 0 Å². The predicted molar refractivity (Wildman–Crippen MR) is 33.2 cm³/mol. The summed E-state index contributed by atoms with van der Waals surface area (Å²) < 4.78 is 10.8. The second kappa shape index (κ2) is 15.6. The molecule has 7 heavy (non-hydrogen) atoms. The van der Waals surface area contributed by atoms with Crippen LogP contribution in [-0.4, -0.2) is 53.8 Å². The summed E-state index contributed by atoms with van der Waals surface area (Å²) in [6.07, 6.45) is 2.08. The molecule has 1 N–H and O–H groups in total. The Hall–Kier alpha value is 1.57. The number of rotatable bonds is 0. The Bertz CT molecular complexity index is 50.9. The van der Waals surface area contributed by atoms with Gasteiger partial charge in [-0.3, -0.25) is 4.57 Å². The van der Waals surface area contributed by atoms with Crippen molar-refractivity contribution in [2.75, 3.05) is 0 Å². The maximum atomic E-state index is 8.57. The molecule has 0 rings (SSSR count). The fourth-order valence-electron chi connectivity index (χ4n) is 0. The Balaban J connectivity index is 0. The van der Waals surface area contributed by atoms with Gasteiger partial charge in [-0.1, -0.05) is 0 Å². The first kappa shape index (κ1) is 11.4. The summed E-state index contributed by atoms with van der Waals surface area (Å²) in [4.78, 5) is 7.10. The first-order chi connectivity index (χ1) is 3.33. The zero-order chi connectivity index (χ0) is 6.12. The monoisotopic (exact) mass is 146 g/mol. The van der Waals surface area contributed by atoms with Crippen LogP contribution >= 0.6 is 8.69 Å². The summed E-state index contributed by atoms with van der Waals surface area (Å²) in [5, 5.41) is 0. The molecule has 0 aliphatic rings. The van der Waals surface area contributed by atoms with Gasteiger partial charge in [0.15, 0.2) is 8.69 Å². The van der Waals surface area contributed by atoms with Gasteiger partial charge in [-0.15, -0.1) is 0 Å². The summed E-state index contributed by atoms with van der Waals surface area (Å²) in [7, 11) is -1.50. The van der Waals surface area contributed by atoms with Crippen LogP contribution in [0.4, 0.5) is 0 Å². The molecule has 2 nitrogen and oxygen atoms in total. The maximum Gasteiger partial charge on any atom is 0.177 e. The SMILES string of the molecule is CC=[CH][K].O=[PH2]O. The van der Waals surface area contributed by atoms with E-state index in [9.17, 15) is 0 Å². The zero-order valence-electron chi connectivity index (χ0n) is 4.59. The van der Waals surface area contributed by atoms with Crippen LogP contribution in [0.25, 0.3) is 0 Å². The van der Waals surface area contributed by atoms with Gasteiger partial charge in [0.1, 0.15) is 0 Å². The normalized spacial score (nSPS) is 9.71. The molecular weight excluding hydrogens is 138 g/mol. The van der Waals surface area contributed by atoms with Crippen molar-refractivity contribution in [1.82, 2.24) is 0 Å². The van der Waals surface area contributed by atoms with Gasteiger partial charge in [-0.05, 0) is 0 Å². The van der Waals surface area contributed by atoms with Crippen molar-refractivity contribution in [3.63, 3.8) is 0 Å². The van der Waals surface area contributed by atoms with Gasteiger partial charge in [0.05, 0.1) is 0 Å². The summed E-state index contributed by atoms with van der Waals surface area (Å²) in [6.45, 7) is 2.05. The van der Waals surface area contributed by atoms with Gasteiger partial charge in [-0.2, -0.15) is 0 Å². The van der Waals surface area contributed by atoms with Crippen molar-refractivity contribution in [2.24, 2.45) is 0 Å². The molecule has 0 heterocycles. The average Bonchev–Trinajstić information content (AvgIpc) is 1.69. The zero-order valence-corrected chi connectivity index (χ0v) is 8.87. The maximum absolute atomic E-state index is 8.57. The summed E-state index contributed by atoms with van der Waals surface area (Å²) in [5.74, 6) is 0. The van der Waals surface area contributed by atoms with Gasteiger partial charge >= 0.3 is 62.1 Å². The molecule has 0 amide bonds.